The SMILES string of the molecule is C=CCN(CC#Cc1ccccc1)Cc1cccnc1. The lowest BCUT2D eigenvalue weighted by Crippen LogP contribution is -2.23. The Kier molecular flexibility index (Phi) is 5.57. The Balaban J connectivity index is 1.96. The molecule has 0 aliphatic heterocycles. The van der Waals surface area contributed by atoms with E-state index < -0.39 is 0 Å². The number of rotatable bonds is 5. The Morgan fingerprint density at radius 1 is 1.15 bits per heavy atom. The molecule has 20 heavy (non-hydrogen) atoms. The lowest BCUT2D eigenvalue weighted by atomic mass is 10.2. The van der Waals surface area contributed by atoms with Gasteiger partial charge in [0, 0.05) is 31.0 Å². The molecule has 0 amide bonds. The van der Waals surface area contributed by atoms with Gasteiger partial charge in [-0.2, -0.15) is 0 Å². The van der Waals surface area contributed by atoms with Gasteiger partial charge in [0.1, 0.15) is 0 Å². The molecule has 2 aromatic rings. The first-order valence-corrected chi connectivity index (χ1v) is 6.64. The number of pyridine rings is 1. The lowest BCUT2D eigenvalue weighted by molar-refractivity contribution is 0.332. The normalized spacial score (nSPS) is 9.85. The fraction of sp³-hybridized carbons (Fsp3) is 0.167. The van der Waals surface area contributed by atoms with Crippen molar-refractivity contribution in [2.75, 3.05) is 13.1 Å². The van der Waals surface area contributed by atoms with Crippen molar-refractivity contribution in [3.05, 3.63) is 78.6 Å². The summed E-state index contributed by atoms with van der Waals surface area (Å²) in [6.07, 6.45) is 5.58. The van der Waals surface area contributed by atoms with E-state index in [0.29, 0.717) is 0 Å². The molecule has 1 aromatic carbocycles. The average molecular weight is 262 g/mol. The van der Waals surface area contributed by atoms with Crippen LogP contribution >= 0.6 is 0 Å². The van der Waals surface area contributed by atoms with Gasteiger partial charge in [0.2, 0.25) is 0 Å². The van der Waals surface area contributed by atoms with Crippen LogP contribution in [0, 0.1) is 11.8 Å². The topological polar surface area (TPSA) is 16.1 Å². The van der Waals surface area contributed by atoms with Crippen LogP contribution < -0.4 is 0 Å². The minimum Gasteiger partial charge on any atom is -0.284 e. The second-order valence-electron chi connectivity index (χ2n) is 4.49. The molecular weight excluding hydrogens is 244 g/mol. The van der Waals surface area contributed by atoms with Crippen LogP contribution in [0.25, 0.3) is 0 Å². The number of benzene rings is 1. The van der Waals surface area contributed by atoms with Crippen LogP contribution in [0.15, 0.2) is 67.5 Å². The lowest BCUT2D eigenvalue weighted by Gasteiger charge is -2.17. The van der Waals surface area contributed by atoms with E-state index in [1.165, 1.54) is 5.56 Å². The van der Waals surface area contributed by atoms with E-state index in [0.717, 1.165) is 25.2 Å². The summed E-state index contributed by atoms with van der Waals surface area (Å²) in [5.41, 5.74) is 2.24. The van der Waals surface area contributed by atoms with Gasteiger partial charge in [0.05, 0.1) is 6.54 Å². The maximum atomic E-state index is 4.14. The van der Waals surface area contributed by atoms with Gasteiger partial charge in [-0.25, -0.2) is 0 Å². The van der Waals surface area contributed by atoms with Crippen LogP contribution in [0.4, 0.5) is 0 Å². The number of hydrogen-bond acceptors (Lipinski definition) is 2. The van der Waals surface area contributed by atoms with Gasteiger partial charge in [-0.15, -0.1) is 6.58 Å². The molecule has 2 heteroatoms. The molecule has 100 valence electrons. The van der Waals surface area contributed by atoms with Crippen molar-refractivity contribution in [1.82, 2.24) is 9.88 Å². The van der Waals surface area contributed by atoms with E-state index >= 15 is 0 Å². The van der Waals surface area contributed by atoms with E-state index in [2.05, 4.69) is 34.4 Å². The number of hydrogen-bond donors (Lipinski definition) is 0. The first-order chi connectivity index (χ1) is 9.88. The summed E-state index contributed by atoms with van der Waals surface area (Å²) in [6, 6.07) is 14.1. The average Bonchev–Trinajstić information content (AvgIpc) is 2.49. The molecular formula is C18H18N2. The van der Waals surface area contributed by atoms with Crippen LogP contribution in [0.1, 0.15) is 11.1 Å². The van der Waals surface area contributed by atoms with Crippen molar-refractivity contribution in [3.8, 4) is 11.8 Å². The Hall–Kier alpha value is -2.37. The largest absolute Gasteiger partial charge is 0.284 e. The highest BCUT2D eigenvalue weighted by Crippen LogP contribution is 2.02. The Bertz CT molecular complexity index is 579. The maximum absolute atomic E-state index is 4.14. The fourth-order valence-corrected chi connectivity index (χ4v) is 1.89. The molecule has 0 spiro atoms. The summed E-state index contributed by atoms with van der Waals surface area (Å²) in [6.45, 7) is 6.18. The second kappa shape index (κ2) is 7.93. The van der Waals surface area contributed by atoms with Crippen LogP contribution in [0.5, 0.6) is 0 Å². The van der Waals surface area contributed by atoms with Gasteiger partial charge < -0.3 is 0 Å². The first kappa shape index (κ1) is 14.0. The first-order valence-electron chi connectivity index (χ1n) is 6.64. The molecule has 0 fully saturated rings. The van der Waals surface area contributed by atoms with Crippen molar-refractivity contribution in [1.29, 1.82) is 0 Å². The Morgan fingerprint density at radius 2 is 2.00 bits per heavy atom. The van der Waals surface area contributed by atoms with Gasteiger partial charge in [0.25, 0.3) is 0 Å². The third kappa shape index (κ3) is 4.72. The van der Waals surface area contributed by atoms with Gasteiger partial charge in [-0.3, -0.25) is 9.88 Å². The zero-order chi connectivity index (χ0) is 14.0. The summed E-state index contributed by atoms with van der Waals surface area (Å²) in [4.78, 5) is 6.37. The van der Waals surface area contributed by atoms with Crippen molar-refractivity contribution in [3.63, 3.8) is 0 Å². The molecule has 0 radical (unpaired) electrons. The molecule has 0 aliphatic rings. The van der Waals surface area contributed by atoms with E-state index in [-0.39, 0.29) is 0 Å². The quantitative estimate of drug-likeness (QED) is 0.608. The highest BCUT2D eigenvalue weighted by molar-refractivity contribution is 5.33. The molecule has 2 nitrogen and oxygen atoms in total. The minimum absolute atomic E-state index is 0.718. The van der Waals surface area contributed by atoms with Crippen molar-refractivity contribution >= 4 is 0 Å². The van der Waals surface area contributed by atoms with E-state index in [4.69, 9.17) is 0 Å². The summed E-state index contributed by atoms with van der Waals surface area (Å²) in [5.74, 6) is 6.39. The molecule has 0 atom stereocenters. The fourth-order valence-electron chi connectivity index (χ4n) is 1.89. The van der Waals surface area contributed by atoms with E-state index in [9.17, 15) is 0 Å². The molecule has 0 saturated carbocycles. The highest BCUT2D eigenvalue weighted by atomic mass is 15.1. The summed E-state index contributed by atoms with van der Waals surface area (Å²) in [5, 5.41) is 0. The standard InChI is InChI=1S/C18H18N2/c1-2-13-20(16-18-10-6-12-19-15-18)14-7-11-17-8-4-3-5-9-17/h2-6,8-10,12,15H,1,13-14,16H2. The van der Waals surface area contributed by atoms with Gasteiger partial charge in [0.15, 0.2) is 0 Å². The van der Waals surface area contributed by atoms with E-state index in [1.54, 1.807) is 6.20 Å². The Labute approximate surface area is 120 Å². The summed E-state index contributed by atoms with van der Waals surface area (Å²) in [7, 11) is 0. The monoisotopic (exact) mass is 262 g/mol. The van der Waals surface area contributed by atoms with Crippen LogP contribution in [0.3, 0.4) is 0 Å². The molecule has 0 bridgehead atoms. The zero-order valence-corrected chi connectivity index (χ0v) is 11.5. The zero-order valence-electron chi connectivity index (χ0n) is 11.5. The second-order valence-corrected chi connectivity index (χ2v) is 4.49. The maximum Gasteiger partial charge on any atom is 0.0611 e. The molecule has 0 N–H and O–H groups in total. The van der Waals surface area contributed by atoms with Crippen molar-refractivity contribution < 1.29 is 0 Å². The number of aromatic nitrogens is 1. The molecule has 1 aromatic heterocycles. The van der Waals surface area contributed by atoms with Gasteiger partial charge in [-0.05, 0) is 23.8 Å². The van der Waals surface area contributed by atoms with Crippen molar-refractivity contribution in [2.24, 2.45) is 0 Å². The number of nitrogens with zero attached hydrogens (tertiary/aromatic N) is 2. The van der Waals surface area contributed by atoms with E-state index in [1.807, 2.05) is 48.7 Å². The predicted molar refractivity (Wildman–Crippen MR) is 83.0 cm³/mol. The molecule has 0 saturated heterocycles. The van der Waals surface area contributed by atoms with Crippen LogP contribution in [-0.2, 0) is 6.54 Å². The summed E-state index contributed by atoms with van der Waals surface area (Å²) >= 11 is 0. The molecule has 0 unspecified atom stereocenters. The van der Waals surface area contributed by atoms with Crippen LogP contribution in [-0.4, -0.2) is 23.0 Å². The predicted octanol–water partition coefficient (Wildman–Crippen LogP) is 3.12. The molecule has 1 heterocycles. The highest BCUT2D eigenvalue weighted by Gasteiger charge is 2.02. The van der Waals surface area contributed by atoms with Gasteiger partial charge in [-0.1, -0.05) is 42.2 Å². The van der Waals surface area contributed by atoms with Crippen LogP contribution in [0.2, 0.25) is 0 Å². The minimum atomic E-state index is 0.718. The van der Waals surface area contributed by atoms with Gasteiger partial charge >= 0.3 is 0 Å². The molecule has 0 aliphatic carbocycles. The smallest absolute Gasteiger partial charge is 0.0611 e. The molecule has 2 rings (SSSR count). The third-order valence-corrected chi connectivity index (χ3v) is 2.83. The van der Waals surface area contributed by atoms with Crippen molar-refractivity contribution in [2.45, 2.75) is 6.54 Å². The Morgan fingerprint density at radius 3 is 2.70 bits per heavy atom. The third-order valence-electron chi connectivity index (χ3n) is 2.83. The summed E-state index contributed by atoms with van der Waals surface area (Å²) < 4.78 is 0.